The topological polar surface area (TPSA) is 92.4 Å². The molecular formula is C10H18N2O3. The lowest BCUT2D eigenvalue weighted by Gasteiger charge is -2.15. The Balaban J connectivity index is 2.27. The van der Waals surface area contributed by atoms with Gasteiger partial charge in [-0.3, -0.25) is 9.59 Å². The van der Waals surface area contributed by atoms with Gasteiger partial charge in [0.05, 0.1) is 5.54 Å². The Morgan fingerprint density at radius 1 is 1.53 bits per heavy atom. The van der Waals surface area contributed by atoms with Gasteiger partial charge in [0.25, 0.3) is 0 Å². The van der Waals surface area contributed by atoms with Crippen LogP contribution in [0.1, 0.15) is 32.6 Å². The van der Waals surface area contributed by atoms with E-state index < -0.39 is 11.5 Å². The van der Waals surface area contributed by atoms with E-state index in [0.29, 0.717) is 6.54 Å². The first-order chi connectivity index (χ1) is 6.98. The Morgan fingerprint density at radius 2 is 2.13 bits per heavy atom. The number of aliphatic carboxylic acids is 1. The van der Waals surface area contributed by atoms with E-state index in [-0.39, 0.29) is 18.2 Å². The molecule has 1 saturated carbocycles. The largest absolute Gasteiger partial charge is 0.481 e. The van der Waals surface area contributed by atoms with Crippen molar-refractivity contribution in [1.29, 1.82) is 0 Å². The lowest BCUT2D eigenvalue weighted by molar-refractivity contribution is -0.138. The lowest BCUT2D eigenvalue weighted by Crippen LogP contribution is -2.44. The Bertz CT molecular complexity index is 261. The van der Waals surface area contributed by atoms with Crippen molar-refractivity contribution in [1.82, 2.24) is 5.32 Å². The van der Waals surface area contributed by atoms with E-state index in [0.717, 1.165) is 19.3 Å². The lowest BCUT2D eigenvalue weighted by atomic mass is 10.0. The van der Waals surface area contributed by atoms with Gasteiger partial charge in [-0.2, -0.15) is 0 Å². The molecule has 1 aliphatic carbocycles. The maximum atomic E-state index is 11.4. The molecule has 0 aromatic heterocycles. The molecule has 0 saturated heterocycles. The molecule has 1 fully saturated rings. The number of nitrogens with two attached hydrogens (primary N) is 1. The summed E-state index contributed by atoms with van der Waals surface area (Å²) in [4.78, 5) is 21.9. The summed E-state index contributed by atoms with van der Waals surface area (Å²) in [6.07, 6.45) is 2.29. The molecule has 0 spiro atoms. The first kappa shape index (κ1) is 12.0. The molecule has 0 aromatic carbocycles. The highest BCUT2D eigenvalue weighted by Gasteiger charge is 2.45. The quantitative estimate of drug-likeness (QED) is 0.584. The zero-order valence-electron chi connectivity index (χ0n) is 8.95. The number of carbonyl (C=O) groups is 2. The van der Waals surface area contributed by atoms with Gasteiger partial charge in [-0.15, -0.1) is 0 Å². The van der Waals surface area contributed by atoms with Crippen LogP contribution in [0.2, 0.25) is 0 Å². The van der Waals surface area contributed by atoms with Crippen LogP contribution in [-0.2, 0) is 9.59 Å². The molecule has 0 heterocycles. The molecule has 1 rings (SSSR count). The third-order valence-corrected chi connectivity index (χ3v) is 2.83. The smallest absolute Gasteiger partial charge is 0.303 e. The van der Waals surface area contributed by atoms with Gasteiger partial charge < -0.3 is 16.2 Å². The minimum absolute atomic E-state index is 0.00574. The highest BCUT2D eigenvalue weighted by molar-refractivity contribution is 5.88. The Morgan fingerprint density at radius 3 is 2.53 bits per heavy atom. The number of nitrogens with one attached hydrogen (secondary N) is 1. The summed E-state index contributed by atoms with van der Waals surface area (Å²) in [7, 11) is 0. The molecule has 0 bridgehead atoms. The average Bonchev–Trinajstić information content (AvgIpc) is 2.91. The summed E-state index contributed by atoms with van der Waals surface area (Å²) < 4.78 is 0. The maximum absolute atomic E-state index is 11.4. The zero-order valence-corrected chi connectivity index (χ0v) is 8.95. The second-order valence-electron chi connectivity index (χ2n) is 4.24. The van der Waals surface area contributed by atoms with Gasteiger partial charge in [-0.1, -0.05) is 13.3 Å². The first-order valence-electron chi connectivity index (χ1n) is 5.27. The van der Waals surface area contributed by atoms with Gasteiger partial charge in [0.2, 0.25) is 5.91 Å². The van der Waals surface area contributed by atoms with Gasteiger partial charge in [0, 0.05) is 13.0 Å². The van der Waals surface area contributed by atoms with Crippen LogP contribution in [0.25, 0.3) is 0 Å². The second-order valence-corrected chi connectivity index (χ2v) is 4.24. The molecule has 86 valence electrons. The molecule has 15 heavy (non-hydrogen) atoms. The van der Waals surface area contributed by atoms with Gasteiger partial charge in [-0.05, 0) is 18.8 Å². The molecule has 1 amide bonds. The molecule has 0 aliphatic heterocycles. The summed E-state index contributed by atoms with van der Waals surface area (Å²) in [5, 5.41) is 11.3. The van der Waals surface area contributed by atoms with Crippen molar-refractivity contribution in [3.05, 3.63) is 0 Å². The van der Waals surface area contributed by atoms with E-state index in [2.05, 4.69) is 5.32 Å². The zero-order chi connectivity index (χ0) is 11.5. The predicted octanol–water partition coefficient (Wildman–Crippen LogP) is 0.0948. The SMILES string of the molecule is CCC(CNC(=O)C1(N)CC1)CC(=O)O. The van der Waals surface area contributed by atoms with E-state index in [9.17, 15) is 9.59 Å². The highest BCUT2D eigenvalue weighted by Crippen LogP contribution is 2.32. The van der Waals surface area contributed by atoms with Gasteiger partial charge >= 0.3 is 5.97 Å². The van der Waals surface area contributed by atoms with E-state index in [4.69, 9.17) is 10.8 Å². The summed E-state index contributed by atoms with van der Waals surface area (Å²) >= 11 is 0. The number of carbonyl (C=O) groups excluding carboxylic acids is 1. The van der Waals surface area contributed by atoms with Gasteiger partial charge in [-0.25, -0.2) is 0 Å². The molecule has 1 atom stereocenters. The van der Waals surface area contributed by atoms with Crippen molar-refractivity contribution in [2.45, 2.75) is 38.1 Å². The molecular weight excluding hydrogens is 196 g/mol. The summed E-state index contributed by atoms with van der Waals surface area (Å²) in [5.74, 6) is -0.981. The molecule has 4 N–H and O–H groups in total. The van der Waals surface area contributed by atoms with Crippen LogP contribution < -0.4 is 11.1 Å². The number of hydrogen-bond donors (Lipinski definition) is 3. The normalized spacial score (nSPS) is 19.3. The fourth-order valence-corrected chi connectivity index (χ4v) is 1.38. The number of hydrogen-bond acceptors (Lipinski definition) is 3. The fraction of sp³-hybridized carbons (Fsp3) is 0.800. The molecule has 1 unspecified atom stereocenters. The summed E-state index contributed by atoms with van der Waals surface area (Å²) in [5.41, 5.74) is 5.03. The number of carboxylic acid groups (broad SMARTS) is 1. The highest BCUT2D eigenvalue weighted by atomic mass is 16.4. The van der Waals surface area contributed by atoms with Crippen LogP contribution in [0.5, 0.6) is 0 Å². The number of amides is 1. The van der Waals surface area contributed by atoms with Crippen molar-refractivity contribution >= 4 is 11.9 Å². The standard InChI is InChI=1S/C10H18N2O3/c1-2-7(5-8(13)14)6-12-9(15)10(11)3-4-10/h7H,2-6,11H2,1H3,(H,12,15)(H,13,14). The van der Waals surface area contributed by atoms with E-state index >= 15 is 0 Å². The Hall–Kier alpha value is -1.10. The van der Waals surface area contributed by atoms with Crippen molar-refractivity contribution < 1.29 is 14.7 Å². The van der Waals surface area contributed by atoms with E-state index in [1.165, 1.54) is 0 Å². The predicted molar refractivity (Wildman–Crippen MR) is 55.2 cm³/mol. The van der Waals surface area contributed by atoms with Gasteiger partial charge in [0.15, 0.2) is 0 Å². The van der Waals surface area contributed by atoms with Crippen LogP contribution in [0, 0.1) is 5.92 Å². The second kappa shape index (κ2) is 4.61. The molecule has 5 nitrogen and oxygen atoms in total. The maximum Gasteiger partial charge on any atom is 0.303 e. The van der Waals surface area contributed by atoms with Crippen LogP contribution in [0.15, 0.2) is 0 Å². The Kier molecular flexibility index (Phi) is 3.68. The summed E-state index contributed by atoms with van der Waals surface area (Å²) in [6.45, 7) is 2.32. The van der Waals surface area contributed by atoms with Crippen LogP contribution in [-0.4, -0.2) is 29.1 Å². The first-order valence-corrected chi connectivity index (χ1v) is 5.27. The van der Waals surface area contributed by atoms with Crippen LogP contribution >= 0.6 is 0 Å². The number of carboxylic acids is 1. The van der Waals surface area contributed by atoms with Crippen molar-refractivity contribution in [3.63, 3.8) is 0 Å². The fourth-order valence-electron chi connectivity index (χ4n) is 1.38. The van der Waals surface area contributed by atoms with E-state index in [1.807, 2.05) is 6.92 Å². The van der Waals surface area contributed by atoms with Crippen molar-refractivity contribution in [2.75, 3.05) is 6.54 Å². The van der Waals surface area contributed by atoms with Crippen LogP contribution in [0.4, 0.5) is 0 Å². The molecule has 1 aliphatic rings. The van der Waals surface area contributed by atoms with Gasteiger partial charge in [0.1, 0.15) is 0 Å². The van der Waals surface area contributed by atoms with Crippen molar-refractivity contribution in [2.24, 2.45) is 11.7 Å². The minimum Gasteiger partial charge on any atom is -0.481 e. The molecule has 5 heteroatoms. The Labute approximate surface area is 89.0 Å². The minimum atomic E-state index is -0.829. The molecule has 0 radical (unpaired) electrons. The molecule has 0 aromatic rings. The van der Waals surface area contributed by atoms with Crippen LogP contribution in [0.3, 0.4) is 0 Å². The third kappa shape index (κ3) is 3.51. The van der Waals surface area contributed by atoms with E-state index in [1.54, 1.807) is 0 Å². The van der Waals surface area contributed by atoms with Crippen molar-refractivity contribution in [3.8, 4) is 0 Å². The number of rotatable bonds is 6. The monoisotopic (exact) mass is 214 g/mol. The summed E-state index contributed by atoms with van der Waals surface area (Å²) in [6, 6.07) is 0. The third-order valence-electron chi connectivity index (χ3n) is 2.83. The average molecular weight is 214 g/mol.